The molecule has 1 unspecified atom stereocenters. The molecule has 1 rings (SSSR count). The van der Waals surface area contributed by atoms with Crippen LogP contribution >= 0.6 is 0 Å². The Morgan fingerprint density at radius 2 is 2.15 bits per heavy atom. The Kier molecular flexibility index (Phi) is 4.36. The van der Waals surface area contributed by atoms with Crippen LogP contribution in [0.5, 0.6) is 0 Å². The van der Waals surface area contributed by atoms with Crippen LogP contribution in [0, 0.1) is 11.3 Å². The second-order valence-corrected chi connectivity index (χ2v) is 4.91. The lowest BCUT2D eigenvalue weighted by Crippen LogP contribution is -2.39. The molecule has 0 aromatic carbocycles. The zero-order valence-electron chi connectivity index (χ0n) is 7.61. The molecule has 2 N–H and O–H groups in total. The van der Waals surface area contributed by atoms with Crippen LogP contribution in [0.15, 0.2) is 0 Å². The predicted octanol–water partition coefficient (Wildman–Crippen LogP) is -0.708. The standard InChI is InChI=1S/C8H15N3OS/c9-7-8(10)1-2-11-3-5-13(12)6-4-11/h8H,1-6,10H2. The first kappa shape index (κ1) is 10.6. The summed E-state index contributed by atoms with van der Waals surface area (Å²) in [6, 6.07) is 1.65. The van der Waals surface area contributed by atoms with Crippen molar-refractivity contribution in [1.82, 2.24) is 4.90 Å². The third-order valence-electron chi connectivity index (χ3n) is 2.19. The van der Waals surface area contributed by atoms with Gasteiger partial charge in [0, 0.05) is 41.9 Å². The summed E-state index contributed by atoms with van der Waals surface area (Å²) >= 11 is 0. The minimum atomic E-state index is -0.615. The summed E-state index contributed by atoms with van der Waals surface area (Å²) in [5.74, 6) is 1.53. The number of nitrogens with zero attached hydrogens (tertiary/aromatic N) is 2. The molecule has 13 heavy (non-hydrogen) atoms. The highest BCUT2D eigenvalue weighted by atomic mass is 32.2. The zero-order chi connectivity index (χ0) is 9.68. The number of rotatable bonds is 3. The largest absolute Gasteiger partial charge is 0.316 e. The van der Waals surface area contributed by atoms with E-state index in [1.807, 2.05) is 6.07 Å². The van der Waals surface area contributed by atoms with Gasteiger partial charge in [0.15, 0.2) is 0 Å². The lowest BCUT2D eigenvalue weighted by Gasteiger charge is -2.26. The fraction of sp³-hybridized carbons (Fsp3) is 0.875. The van der Waals surface area contributed by atoms with Gasteiger partial charge >= 0.3 is 0 Å². The topological polar surface area (TPSA) is 70.1 Å². The first-order valence-electron chi connectivity index (χ1n) is 4.45. The smallest absolute Gasteiger partial charge is 0.0940 e. The fourth-order valence-corrected chi connectivity index (χ4v) is 2.41. The molecule has 0 bridgehead atoms. The Balaban J connectivity index is 2.16. The second-order valence-electron chi connectivity index (χ2n) is 3.21. The molecule has 0 aliphatic carbocycles. The Hall–Kier alpha value is -0.440. The van der Waals surface area contributed by atoms with E-state index in [2.05, 4.69) is 4.90 Å². The summed E-state index contributed by atoms with van der Waals surface area (Å²) in [5, 5.41) is 8.46. The molecule has 1 saturated heterocycles. The van der Waals surface area contributed by atoms with Crippen LogP contribution in [-0.2, 0) is 10.8 Å². The van der Waals surface area contributed by atoms with Crippen molar-refractivity contribution in [3.05, 3.63) is 0 Å². The Labute approximate surface area is 81.2 Å². The van der Waals surface area contributed by atoms with Crippen molar-refractivity contribution in [1.29, 1.82) is 5.26 Å². The summed E-state index contributed by atoms with van der Waals surface area (Å²) in [7, 11) is -0.615. The van der Waals surface area contributed by atoms with E-state index < -0.39 is 10.8 Å². The van der Waals surface area contributed by atoms with Crippen LogP contribution in [0.2, 0.25) is 0 Å². The number of hydrogen-bond acceptors (Lipinski definition) is 4. The van der Waals surface area contributed by atoms with Crippen molar-refractivity contribution < 1.29 is 4.21 Å². The Morgan fingerprint density at radius 3 is 2.69 bits per heavy atom. The molecule has 1 heterocycles. The molecule has 0 aromatic heterocycles. The molecular weight excluding hydrogens is 186 g/mol. The van der Waals surface area contributed by atoms with Crippen molar-refractivity contribution in [2.75, 3.05) is 31.1 Å². The number of nitrogens with two attached hydrogens (primary N) is 1. The maximum absolute atomic E-state index is 11.0. The molecule has 4 nitrogen and oxygen atoms in total. The quantitative estimate of drug-likeness (QED) is 0.655. The maximum atomic E-state index is 11.0. The van der Waals surface area contributed by atoms with Crippen LogP contribution in [0.3, 0.4) is 0 Å². The van der Waals surface area contributed by atoms with Gasteiger partial charge in [0.1, 0.15) is 0 Å². The van der Waals surface area contributed by atoms with Crippen molar-refractivity contribution in [2.24, 2.45) is 5.73 Å². The maximum Gasteiger partial charge on any atom is 0.0940 e. The van der Waals surface area contributed by atoms with Crippen LogP contribution in [-0.4, -0.2) is 46.3 Å². The third kappa shape index (κ3) is 3.85. The normalized spacial score (nSPS) is 22.5. The Bertz CT molecular complexity index is 216. The van der Waals surface area contributed by atoms with Gasteiger partial charge in [-0.15, -0.1) is 0 Å². The highest BCUT2D eigenvalue weighted by Gasteiger charge is 2.15. The summed E-state index contributed by atoms with van der Waals surface area (Å²) in [4.78, 5) is 2.22. The van der Waals surface area contributed by atoms with Gasteiger partial charge in [-0.1, -0.05) is 0 Å². The molecular formula is C8H15N3OS. The molecule has 1 fully saturated rings. The van der Waals surface area contributed by atoms with E-state index in [9.17, 15) is 4.21 Å². The molecule has 5 heteroatoms. The molecule has 0 spiro atoms. The van der Waals surface area contributed by atoms with E-state index in [1.165, 1.54) is 0 Å². The minimum Gasteiger partial charge on any atom is -0.316 e. The molecule has 0 radical (unpaired) electrons. The van der Waals surface area contributed by atoms with Gasteiger partial charge in [-0.25, -0.2) is 0 Å². The summed E-state index contributed by atoms with van der Waals surface area (Å²) in [6.07, 6.45) is 0.711. The SMILES string of the molecule is N#CC(N)CCN1CCS(=O)CC1. The van der Waals surface area contributed by atoms with Crippen LogP contribution in [0.25, 0.3) is 0 Å². The van der Waals surface area contributed by atoms with Gasteiger partial charge in [0.05, 0.1) is 12.1 Å². The summed E-state index contributed by atoms with van der Waals surface area (Å²) < 4.78 is 11.0. The summed E-state index contributed by atoms with van der Waals surface area (Å²) in [5.41, 5.74) is 5.47. The molecule has 1 aliphatic heterocycles. The zero-order valence-corrected chi connectivity index (χ0v) is 8.42. The van der Waals surface area contributed by atoms with Crippen molar-refractivity contribution >= 4 is 10.8 Å². The van der Waals surface area contributed by atoms with Crippen LogP contribution < -0.4 is 5.73 Å². The van der Waals surface area contributed by atoms with Crippen molar-refractivity contribution in [2.45, 2.75) is 12.5 Å². The molecule has 74 valence electrons. The van der Waals surface area contributed by atoms with E-state index in [1.54, 1.807) is 0 Å². The van der Waals surface area contributed by atoms with Gasteiger partial charge in [-0.3, -0.25) is 4.21 Å². The monoisotopic (exact) mass is 201 g/mol. The van der Waals surface area contributed by atoms with Crippen LogP contribution in [0.4, 0.5) is 0 Å². The molecule has 1 aliphatic rings. The predicted molar refractivity (Wildman–Crippen MR) is 52.5 cm³/mol. The average Bonchev–Trinajstić information content (AvgIpc) is 2.16. The summed E-state index contributed by atoms with van der Waals surface area (Å²) in [6.45, 7) is 2.61. The average molecular weight is 201 g/mol. The van der Waals surface area contributed by atoms with E-state index in [-0.39, 0.29) is 6.04 Å². The van der Waals surface area contributed by atoms with E-state index in [4.69, 9.17) is 11.0 Å². The van der Waals surface area contributed by atoms with Crippen molar-refractivity contribution in [3.63, 3.8) is 0 Å². The van der Waals surface area contributed by atoms with Gasteiger partial charge in [-0.2, -0.15) is 5.26 Å². The first-order valence-corrected chi connectivity index (χ1v) is 5.93. The van der Waals surface area contributed by atoms with Crippen molar-refractivity contribution in [3.8, 4) is 6.07 Å². The van der Waals surface area contributed by atoms with E-state index in [0.29, 0.717) is 6.42 Å². The third-order valence-corrected chi connectivity index (χ3v) is 3.47. The van der Waals surface area contributed by atoms with Gasteiger partial charge < -0.3 is 10.6 Å². The lowest BCUT2D eigenvalue weighted by molar-refractivity contribution is 0.292. The molecule has 0 saturated carbocycles. The van der Waals surface area contributed by atoms with E-state index in [0.717, 1.165) is 31.1 Å². The highest BCUT2D eigenvalue weighted by molar-refractivity contribution is 7.85. The number of hydrogen-bond donors (Lipinski definition) is 1. The fourth-order valence-electron chi connectivity index (χ4n) is 1.29. The van der Waals surface area contributed by atoms with Gasteiger partial charge in [-0.05, 0) is 6.42 Å². The highest BCUT2D eigenvalue weighted by Crippen LogP contribution is 2.01. The van der Waals surface area contributed by atoms with Gasteiger partial charge in [0.25, 0.3) is 0 Å². The molecule has 1 atom stereocenters. The lowest BCUT2D eigenvalue weighted by atomic mass is 10.2. The minimum absolute atomic E-state index is 0.354. The van der Waals surface area contributed by atoms with Crippen LogP contribution in [0.1, 0.15) is 6.42 Å². The second kappa shape index (κ2) is 5.32. The van der Waals surface area contributed by atoms with Gasteiger partial charge in [0.2, 0.25) is 0 Å². The Morgan fingerprint density at radius 1 is 1.54 bits per heavy atom. The van der Waals surface area contributed by atoms with E-state index >= 15 is 0 Å². The molecule has 0 aromatic rings. The first-order chi connectivity index (χ1) is 6.22. The number of nitriles is 1. The molecule has 0 amide bonds.